The van der Waals surface area contributed by atoms with Crippen LogP contribution in [-0.2, 0) is 9.53 Å². The van der Waals surface area contributed by atoms with E-state index in [4.69, 9.17) is 9.47 Å². The highest BCUT2D eigenvalue weighted by Crippen LogP contribution is 2.38. The third kappa shape index (κ3) is 3.04. The number of hydrogen-bond donors (Lipinski definition) is 1. The van der Waals surface area contributed by atoms with Crippen molar-refractivity contribution < 1.29 is 14.3 Å². The van der Waals surface area contributed by atoms with Crippen molar-refractivity contribution in [3.8, 4) is 5.75 Å². The summed E-state index contributed by atoms with van der Waals surface area (Å²) in [4.78, 5) is 14.4. The number of nitrogens with zero attached hydrogens (tertiary/aromatic N) is 1. The Morgan fingerprint density at radius 3 is 2.71 bits per heavy atom. The molecule has 0 spiro atoms. The van der Waals surface area contributed by atoms with E-state index >= 15 is 0 Å². The summed E-state index contributed by atoms with van der Waals surface area (Å²) in [7, 11) is 0. The summed E-state index contributed by atoms with van der Waals surface area (Å²) in [5.41, 5.74) is 0.918. The minimum absolute atomic E-state index is 0.0362. The summed E-state index contributed by atoms with van der Waals surface area (Å²) in [6, 6.07) is 7.78. The molecule has 1 amide bonds. The molecule has 0 atom stereocenters. The summed E-state index contributed by atoms with van der Waals surface area (Å²) in [5, 5.41) is 0. The van der Waals surface area contributed by atoms with E-state index in [0.717, 1.165) is 43.2 Å². The highest BCUT2D eigenvalue weighted by atomic mass is 32.1. The molecule has 0 aliphatic carbocycles. The van der Waals surface area contributed by atoms with Gasteiger partial charge in [-0.05, 0) is 30.7 Å². The Labute approximate surface area is 130 Å². The number of ether oxygens (including phenoxy) is 2. The molecule has 3 rings (SSSR count). The Kier molecular flexibility index (Phi) is 4.40. The van der Waals surface area contributed by atoms with Gasteiger partial charge in [-0.25, -0.2) is 0 Å². The lowest BCUT2D eigenvalue weighted by Crippen LogP contribution is -2.45. The van der Waals surface area contributed by atoms with Gasteiger partial charge in [-0.15, -0.1) is 0 Å². The van der Waals surface area contributed by atoms with Gasteiger partial charge in [0.15, 0.2) is 0 Å². The molecule has 0 aromatic heterocycles. The van der Waals surface area contributed by atoms with Gasteiger partial charge >= 0.3 is 0 Å². The number of carbonyl (C=O) groups excluding carboxylic acids is 1. The van der Waals surface area contributed by atoms with Crippen LogP contribution in [0.3, 0.4) is 0 Å². The van der Waals surface area contributed by atoms with E-state index in [9.17, 15) is 4.79 Å². The van der Waals surface area contributed by atoms with E-state index in [1.807, 2.05) is 29.2 Å². The number of amides is 1. The fraction of sp³-hybridized carbons (Fsp3) is 0.562. The largest absolute Gasteiger partial charge is 0.491 e. The average molecular weight is 307 g/mol. The Balaban J connectivity index is 1.90. The van der Waals surface area contributed by atoms with Gasteiger partial charge in [0.05, 0.1) is 18.7 Å². The van der Waals surface area contributed by atoms with E-state index in [-0.39, 0.29) is 11.3 Å². The van der Waals surface area contributed by atoms with Gasteiger partial charge in [0.2, 0.25) is 5.91 Å². The zero-order valence-electron chi connectivity index (χ0n) is 12.1. The van der Waals surface area contributed by atoms with Crippen LogP contribution in [0, 0.1) is 5.41 Å². The quantitative estimate of drug-likeness (QED) is 0.872. The number of carbonyl (C=O) groups is 1. The monoisotopic (exact) mass is 307 g/mol. The second-order valence-corrected chi connectivity index (χ2v) is 6.13. The minimum atomic E-state index is 0.0362. The molecule has 2 aliphatic rings. The lowest BCUT2D eigenvalue weighted by atomic mass is 9.81. The average Bonchev–Trinajstić information content (AvgIpc) is 2.68. The molecular formula is C16H21NO3S. The fourth-order valence-corrected chi connectivity index (χ4v) is 3.42. The van der Waals surface area contributed by atoms with Crippen molar-refractivity contribution in [1.29, 1.82) is 0 Å². The van der Waals surface area contributed by atoms with Crippen LogP contribution in [0.5, 0.6) is 5.75 Å². The van der Waals surface area contributed by atoms with Crippen molar-refractivity contribution in [2.45, 2.75) is 19.3 Å². The lowest BCUT2D eigenvalue weighted by Gasteiger charge is -2.39. The van der Waals surface area contributed by atoms with Gasteiger partial charge in [-0.1, -0.05) is 12.1 Å². The molecule has 1 aromatic rings. The Morgan fingerprint density at radius 1 is 1.19 bits per heavy atom. The van der Waals surface area contributed by atoms with Gasteiger partial charge in [-0.3, -0.25) is 4.79 Å². The number of benzene rings is 1. The van der Waals surface area contributed by atoms with E-state index in [2.05, 4.69) is 12.6 Å². The second kappa shape index (κ2) is 6.28. The Bertz CT molecular complexity index is 514. The maximum Gasteiger partial charge on any atom is 0.230 e. The number of hydrogen-bond acceptors (Lipinski definition) is 4. The van der Waals surface area contributed by atoms with Crippen LogP contribution in [0.2, 0.25) is 0 Å². The van der Waals surface area contributed by atoms with Crippen LogP contribution in [0.4, 0.5) is 5.69 Å². The first-order valence-electron chi connectivity index (χ1n) is 7.45. The standard InChI is InChI=1S/C16H21NO3S/c18-15-5-8-20-14-4-2-1-3-13(14)17(15)11-16(12-21)6-9-19-10-7-16/h1-4,21H,5-12H2. The predicted octanol–water partition coefficient (Wildman–Crippen LogP) is 2.53. The number of para-hydroxylation sites is 2. The van der Waals surface area contributed by atoms with Crippen molar-refractivity contribution in [1.82, 2.24) is 0 Å². The van der Waals surface area contributed by atoms with Crippen molar-refractivity contribution in [2.24, 2.45) is 5.41 Å². The summed E-state index contributed by atoms with van der Waals surface area (Å²) in [5.74, 6) is 1.70. The van der Waals surface area contributed by atoms with Crippen molar-refractivity contribution in [3.63, 3.8) is 0 Å². The van der Waals surface area contributed by atoms with Gasteiger partial charge < -0.3 is 14.4 Å². The maximum absolute atomic E-state index is 12.5. The van der Waals surface area contributed by atoms with E-state index in [1.165, 1.54) is 0 Å². The first kappa shape index (κ1) is 14.7. The summed E-state index contributed by atoms with van der Waals surface area (Å²) < 4.78 is 11.2. The normalized spacial score (nSPS) is 21.4. The van der Waals surface area contributed by atoms with Gasteiger partial charge in [-0.2, -0.15) is 12.6 Å². The SMILES string of the molecule is O=C1CCOc2ccccc2N1CC1(CS)CCOCC1. The highest BCUT2D eigenvalue weighted by molar-refractivity contribution is 7.80. The smallest absolute Gasteiger partial charge is 0.230 e. The van der Waals surface area contributed by atoms with Crippen LogP contribution < -0.4 is 9.64 Å². The van der Waals surface area contributed by atoms with Crippen LogP contribution in [-0.4, -0.2) is 38.0 Å². The maximum atomic E-state index is 12.5. The molecule has 1 saturated heterocycles. The molecule has 1 fully saturated rings. The molecule has 2 heterocycles. The number of anilines is 1. The van der Waals surface area contributed by atoms with Crippen molar-refractivity contribution in [3.05, 3.63) is 24.3 Å². The van der Waals surface area contributed by atoms with Crippen LogP contribution in [0.1, 0.15) is 19.3 Å². The van der Waals surface area contributed by atoms with Gasteiger partial charge in [0, 0.05) is 25.2 Å². The molecule has 0 N–H and O–H groups in total. The first-order chi connectivity index (χ1) is 10.2. The molecule has 114 valence electrons. The molecule has 0 unspecified atom stereocenters. The molecule has 0 saturated carbocycles. The molecule has 0 radical (unpaired) electrons. The Morgan fingerprint density at radius 2 is 1.95 bits per heavy atom. The zero-order valence-corrected chi connectivity index (χ0v) is 13.0. The third-order valence-corrected chi connectivity index (χ3v) is 5.08. The summed E-state index contributed by atoms with van der Waals surface area (Å²) in [6.07, 6.45) is 2.32. The van der Waals surface area contributed by atoms with Gasteiger partial charge in [0.1, 0.15) is 5.75 Å². The molecule has 4 nitrogen and oxygen atoms in total. The highest BCUT2D eigenvalue weighted by Gasteiger charge is 2.36. The van der Waals surface area contributed by atoms with Crippen LogP contribution in [0.15, 0.2) is 24.3 Å². The molecular weight excluding hydrogens is 286 g/mol. The van der Waals surface area contributed by atoms with Crippen molar-refractivity contribution >= 4 is 24.2 Å². The van der Waals surface area contributed by atoms with E-state index in [1.54, 1.807) is 0 Å². The van der Waals surface area contributed by atoms with E-state index < -0.39 is 0 Å². The molecule has 2 aliphatic heterocycles. The molecule has 21 heavy (non-hydrogen) atoms. The number of fused-ring (bicyclic) bond motifs is 1. The molecule has 1 aromatic carbocycles. The van der Waals surface area contributed by atoms with Gasteiger partial charge in [0.25, 0.3) is 0 Å². The minimum Gasteiger partial charge on any atom is -0.491 e. The fourth-order valence-electron chi connectivity index (χ4n) is 3.00. The van der Waals surface area contributed by atoms with E-state index in [0.29, 0.717) is 19.6 Å². The topological polar surface area (TPSA) is 38.8 Å². The third-order valence-electron chi connectivity index (χ3n) is 4.41. The zero-order chi connectivity index (χ0) is 14.7. The molecule has 0 bridgehead atoms. The predicted molar refractivity (Wildman–Crippen MR) is 85.2 cm³/mol. The summed E-state index contributed by atoms with van der Waals surface area (Å²) in [6.45, 7) is 2.64. The van der Waals surface area contributed by atoms with Crippen molar-refractivity contribution in [2.75, 3.05) is 37.0 Å². The second-order valence-electron chi connectivity index (χ2n) is 5.82. The lowest BCUT2D eigenvalue weighted by molar-refractivity contribution is -0.119. The molecule has 5 heteroatoms. The first-order valence-corrected chi connectivity index (χ1v) is 8.08. The Hall–Kier alpha value is -1.20. The number of thiol groups is 1. The van der Waals surface area contributed by atoms with Crippen LogP contribution >= 0.6 is 12.6 Å². The number of rotatable bonds is 3. The van der Waals surface area contributed by atoms with Crippen LogP contribution in [0.25, 0.3) is 0 Å². The summed E-state index contributed by atoms with van der Waals surface area (Å²) >= 11 is 4.55.